The van der Waals surface area contributed by atoms with E-state index in [2.05, 4.69) is 20.7 Å². The van der Waals surface area contributed by atoms with Crippen LogP contribution in [-0.4, -0.2) is 26.7 Å². The van der Waals surface area contributed by atoms with Crippen LogP contribution in [0.1, 0.15) is 20.3 Å². The summed E-state index contributed by atoms with van der Waals surface area (Å²) in [5.74, 6) is 0. The van der Waals surface area contributed by atoms with E-state index in [-0.39, 0.29) is 22.8 Å². The van der Waals surface area contributed by atoms with Crippen molar-refractivity contribution in [2.75, 3.05) is 13.2 Å². The molecule has 0 atom stereocenters. The number of aliphatic hydroxyl groups excluding tert-OH is 1. The smallest absolute Gasteiger partial charge is 0.250 e. The SMILES string of the molecule is CC(C)(CCO)CNS(=O)(=O)c1cc(Cl)c(Br)s1. The van der Waals surface area contributed by atoms with Crippen molar-refractivity contribution in [3.05, 3.63) is 14.9 Å². The summed E-state index contributed by atoms with van der Waals surface area (Å²) in [7, 11) is -3.54. The number of halogens is 2. The molecule has 1 aromatic heterocycles. The molecule has 1 heterocycles. The number of hydrogen-bond acceptors (Lipinski definition) is 4. The molecule has 0 aromatic carbocycles. The number of nitrogens with one attached hydrogen (secondary N) is 1. The van der Waals surface area contributed by atoms with Gasteiger partial charge in [0.2, 0.25) is 10.0 Å². The summed E-state index contributed by atoms with van der Waals surface area (Å²) in [6.45, 7) is 4.08. The Labute approximate surface area is 125 Å². The molecule has 0 radical (unpaired) electrons. The van der Waals surface area contributed by atoms with Gasteiger partial charge in [0.05, 0.1) is 8.81 Å². The lowest BCUT2D eigenvalue weighted by Crippen LogP contribution is -2.34. The van der Waals surface area contributed by atoms with Gasteiger partial charge in [0, 0.05) is 13.2 Å². The average Bonchev–Trinajstić information content (AvgIpc) is 2.58. The van der Waals surface area contributed by atoms with Gasteiger partial charge in [-0.1, -0.05) is 25.4 Å². The zero-order chi connectivity index (χ0) is 14.0. The molecule has 0 spiro atoms. The molecule has 0 saturated heterocycles. The summed E-state index contributed by atoms with van der Waals surface area (Å²) < 4.78 is 27.3. The summed E-state index contributed by atoms with van der Waals surface area (Å²) >= 11 is 10.1. The molecule has 1 aromatic rings. The van der Waals surface area contributed by atoms with Crippen LogP contribution in [0, 0.1) is 5.41 Å². The van der Waals surface area contributed by atoms with Crippen molar-refractivity contribution >= 4 is 48.9 Å². The first-order valence-corrected chi connectivity index (χ1v) is 8.70. The van der Waals surface area contributed by atoms with Crippen LogP contribution >= 0.6 is 38.9 Å². The molecule has 0 unspecified atom stereocenters. The predicted octanol–water partition coefficient (Wildman–Crippen LogP) is 2.85. The second-order valence-electron chi connectivity index (χ2n) is 4.65. The fraction of sp³-hybridized carbons (Fsp3) is 0.600. The molecule has 1 rings (SSSR count). The fourth-order valence-electron chi connectivity index (χ4n) is 1.21. The zero-order valence-electron chi connectivity index (χ0n) is 10.0. The Morgan fingerprint density at radius 1 is 1.56 bits per heavy atom. The van der Waals surface area contributed by atoms with E-state index >= 15 is 0 Å². The predicted molar refractivity (Wildman–Crippen MR) is 77.7 cm³/mol. The van der Waals surface area contributed by atoms with Crippen LogP contribution in [0.15, 0.2) is 14.1 Å². The second kappa shape index (κ2) is 6.19. The van der Waals surface area contributed by atoms with Crippen LogP contribution in [0.4, 0.5) is 0 Å². The van der Waals surface area contributed by atoms with E-state index in [1.165, 1.54) is 6.07 Å². The molecule has 0 saturated carbocycles. The third-order valence-corrected chi connectivity index (χ3v) is 6.77. The minimum Gasteiger partial charge on any atom is -0.396 e. The van der Waals surface area contributed by atoms with Gasteiger partial charge in [0.15, 0.2) is 0 Å². The molecule has 0 amide bonds. The Morgan fingerprint density at radius 2 is 2.17 bits per heavy atom. The quantitative estimate of drug-likeness (QED) is 0.802. The van der Waals surface area contributed by atoms with Crippen LogP contribution in [-0.2, 0) is 10.0 Å². The Morgan fingerprint density at radius 3 is 2.61 bits per heavy atom. The highest BCUT2D eigenvalue weighted by molar-refractivity contribution is 9.11. The second-order valence-corrected chi connectivity index (χ2v) is 9.42. The minimum atomic E-state index is -3.54. The third-order valence-electron chi connectivity index (χ3n) is 2.42. The lowest BCUT2D eigenvalue weighted by molar-refractivity contribution is 0.213. The lowest BCUT2D eigenvalue weighted by Gasteiger charge is -2.23. The standard InChI is InChI=1S/C10H15BrClNO3S2/c1-10(2,3-4-14)6-13-18(15,16)8-5-7(12)9(11)17-8/h5,13-14H,3-4,6H2,1-2H3. The van der Waals surface area contributed by atoms with E-state index in [0.29, 0.717) is 15.2 Å². The van der Waals surface area contributed by atoms with E-state index in [1.54, 1.807) is 0 Å². The highest BCUT2D eigenvalue weighted by Gasteiger charge is 2.23. The molecule has 4 nitrogen and oxygen atoms in total. The Hall–Kier alpha value is 0.340. The van der Waals surface area contributed by atoms with Crippen LogP contribution in [0.5, 0.6) is 0 Å². The molecule has 104 valence electrons. The molecule has 8 heteroatoms. The van der Waals surface area contributed by atoms with E-state index in [4.69, 9.17) is 16.7 Å². The molecule has 0 aliphatic heterocycles. The molecule has 0 aliphatic rings. The van der Waals surface area contributed by atoms with Crippen LogP contribution < -0.4 is 4.72 Å². The topological polar surface area (TPSA) is 66.4 Å². The van der Waals surface area contributed by atoms with Crippen molar-refractivity contribution < 1.29 is 13.5 Å². The first-order valence-electron chi connectivity index (χ1n) is 5.23. The van der Waals surface area contributed by atoms with E-state index in [1.807, 2.05) is 13.8 Å². The van der Waals surface area contributed by atoms with Gasteiger partial charge in [-0.25, -0.2) is 13.1 Å². The van der Waals surface area contributed by atoms with Crippen LogP contribution in [0.3, 0.4) is 0 Å². The van der Waals surface area contributed by atoms with Gasteiger partial charge in [-0.2, -0.15) is 0 Å². The molecule has 2 N–H and O–H groups in total. The summed E-state index contributed by atoms with van der Waals surface area (Å²) in [5.41, 5.74) is -0.292. The maximum atomic E-state index is 12.0. The normalized spacial score (nSPS) is 12.9. The van der Waals surface area contributed by atoms with Crippen molar-refractivity contribution in [3.8, 4) is 0 Å². The summed E-state index contributed by atoms with van der Waals surface area (Å²) in [6.07, 6.45) is 0.532. The largest absolute Gasteiger partial charge is 0.396 e. The van der Waals surface area contributed by atoms with Gasteiger partial charge in [-0.05, 0) is 33.8 Å². The Kier molecular flexibility index (Phi) is 5.64. The Balaban J connectivity index is 2.77. The van der Waals surface area contributed by atoms with Gasteiger partial charge in [0.1, 0.15) is 4.21 Å². The number of thiophene rings is 1. The molecular formula is C10H15BrClNO3S2. The van der Waals surface area contributed by atoms with E-state index in [9.17, 15) is 8.42 Å². The minimum absolute atomic E-state index is 0.0328. The summed E-state index contributed by atoms with van der Waals surface area (Å²) in [4.78, 5) is 0. The van der Waals surface area contributed by atoms with Crippen LogP contribution in [0.2, 0.25) is 5.02 Å². The molecule has 0 aliphatic carbocycles. The Bertz CT molecular complexity index is 494. The van der Waals surface area contributed by atoms with Crippen LogP contribution in [0.25, 0.3) is 0 Å². The zero-order valence-corrected chi connectivity index (χ0v) is 14.0. The average molecular weight is 377 g/mol. The van der Waals surface area contributed by atoms with Crippen molar-refractivity contribution in [3.63, 3.8) is 0 Å². The third kappa shape index (κ3) is 4.47. The number of sulfonamides is 1. The first kappa shape index (κ1) is 16.4. The number of hydrogen-bond donors (Lipinski definition) is 2. The monoisotopic (exact) mass is 375 g/mol. The molecule has 0 bridgehead atoms. The van der Waals surface area contributed by atoms with Crippen molar-refractivity contribution in [1.29, 1.82) is 0 Å². The maximum absolute atomic E-state index is 12.0. The van der Waals surface area contributed by atoms with Gasteiger partial charge in [0.25, 0.3) is 0 Å². The first-order chi connectivity index (χ1) is 8.18. The summed E-state index contributed by atoms with van der Waals surface area (Å²) in [6, 6.07) is 1.41. The van der Waals surface area contributed by atoms with E-state index < -0.39 is 10.0 Å². The van der Waals surface area contributed by atoms with Crippen molar-refractivity contribution in [1.82, 2.24) is 4.72 Å². The number of aliphatic hydroxyl groups is 1. The highest BCUT2D eigenvalue weighted by Crippen LogP contribution is 2.34. The van der Waals surface area contributed by atoms with Crippen molar-refractivity contribution in [2.24, 2.45) is 5.41 Å². The van der Waals surface area contributed by atoms with Gasteiger partial charge in [-0.15, -0.1) is 11.3 Å². The fourth-order valence-corrected chi connectivity index (χ4v) is 4.90. The highest BCUT2D eigenvalue weighted by atomic mass is 79.9. The summed E-state index contributed by atoms with van der Waals surface area (Å²) in [5, 5.41) is 9.27. The maximum Gasteiger partial charge on any atom is 0.250 e. The molecule has 18 heavy (non-hydrogen) atoms. The molecular weight excluding hydrogens is 362 g/mol. The van der Waals surface area contributed by atoms with Gasteiger partial charge >= 0.3 is 0 Å². The van der Waals surface area contributed by atoms with E-state index in [0.717, 1.165) is 11.3 Å². The van der Waals surface area contributed by atoms with Gasteiger partial charge in [-0.3, -0.25) is 0 Å². The van der Waals surface area contributed by atoms with Gasteiger partial charge < -0.3 is 5.11 Å². The lowest BCUT2D eigenvalue weighted by atomic mass is 9.90. The molecule has 0 fully saturated rings. The van der Waals surface area contributed by atoms with Crippen molar-refractivity contribution in [2.45, 2.75) is 24.5 Å². The number of rotatable bonds is 6.